The lowest BCUT2D eigenvalue weighted by atomic mass is 10.2. The maximum atomic E-state index is 7.34. The Labute approximate surface area is 84.3 Å². The molecule has 13 heavy (non-hydrogen) atoms. The molecule has 0 aliphatic carbocycles. The van der Waals surface area contributed by atoms with Crippen molar-refractivity contribution in [2.45, 2.75) is 0 Å². The van der Waals surface area contributed by atoms with E-state index in [0.717, 1.165) is 4.68 Å². The summed E-state index contributed by atoms with van der Waals surface area (Å²) < 4.78 is 48.6. The van der Waals surface area contributed by atoms with Crippen LogP contribution < -0.4 is 10.5 Å². The van der Waals surface area contributed by atoms with Crippen molar-refractivity contribution in [1.29, 1.82) is 0 Å². The number of aromatic nitrogens is 2. The van der Waals surface area contributed by atoms with Gasteiger partial charge in [-0.25, -0.2) is 0 Å². The van der Waals surface area contributed by atoms with Crippen LogP contribution in [0.25, 0.3) is 10.9 Å². The van der Waals surface area contributed by atoms with Gasteiger partial charge >= 0.3 is 0 Å². The summed E-state index contributed by atoms with van der Waals surface area (Å²) in [6, 6.07) is 2.87. The van der Waals surface area contributed by atoms with Crippen molar-refractivity contribution in [3.8, 4) is 5.75 Å². The second-order valence-electron chi connectivity index (χ2n) is 2.57. The lowest BCUT2D eigenvalue weighted by molar-refractivity contribution is 0.417. The highest BCUT2D eigenvalue weighted by Crippen LogP contribution is 2.29. The van der Waals surface area contributed by atoms with E-state index in [1.807, 2.05) is 0 Å². The average molecular weight is 183 g/mol. The molecule has 68 valence electrons. The molecule has 4 nitrogen and oxygen atoms in total. The Kier molecular flexibility index (Phi) is 0.730. The van der Waals surface area contributed by atoms with Gasteiger partial charge in [-0.2, -0.15) is 5.10 Å². The summed E-state index contributed by atoms with van der Waals surface area (Å²) in [5, 5.41) is 4.24. The molecule has 0 aliphatic rings. The Morgan fingerprint density at radius 3 is 3.31 bits per heavy atom. The fraction of sp³-hybridized carbons (Fsp3) is 0.222. The molecule has 0 amide bonds. The Hall–Kier alpha value is -1.71. The smallest absolute Gasteiger partial charge is 0.144 e. The molecular weight excluding hydrogens is 166 g/mol. The Balaban J connectivity index is 2.63. The summed E-state index contributed by atoms with van der Waals surface area (Å²) in [7, 11) is -2.66. The predicted molar refractivity (Wildman–Crippen MR) is 51.7 cm³/mol. The largest absolute Gasteiger partial charge is 0.495 e. The first-order valence-corrected chi connectivity index (χ1v) is 3.55. The molecule has 0 radical (unpaired) electrons. The second-order valence-corrected chi connectivity index (χ2v) is 2.57. The van der Waals surface area contributed by atoms with Gasteiger partial charge < -0.3 is 10.5 Å². The van der Waals surface area contributed by atoms with E-state index in [2.05, 4.69) is 5.10 Å². The number of anilines is 1. The number of hydrogen-bond acceptors (Lipinski definition) is 3. The van der Waals surface area contributed by atoms with Crippen molar-refractivity contribution in [2.75, 3.05) is 12.8 Å². The number of rotatable bonds is 1. The summed E-state index contributed by atoms with van der Waals surface area (Å²) in [6.07, 6.45) is 1.34. The molecule has 0 fully saturated rings. The molecule has 0 atom stereocenters. The van der Waals surface area contributed by atoms with Crippen LogP contribution in [-0.4, -0.2) is 16.8 Å². The van der Waals surface area contributed by atoms with Crippen LogP contribution in [0.5, 0.6) is 5.75 Å². The summed E-state index contributed by atoms with van der Waals surface area (Å²) in [5.74, 6) is -0.0986. The Morgan fingerprint density at radius 2 is 2.54 bits per heavy atom. The summed E-state index contributed by atoms with van der Waals surface area (Å²) in [6.45, 7) is -2.51. The van der Waals surface area contributed by atoms with Gasteiger partial charge in [0.2, 0.25) is 0 Å². The summed E-state index contributed by atoms with van der Waals surface area (Å²) in [4.78, 5) is 0. The zero-order valence-electron chi connectivity index (χ0n) is 12.6. The molecular formula is C9H11N3O. The van der Waals surface area contributed by atoms with Gasteiger partial charge in [-0.05, 0) is 12.1 Å². The number of methoxy groups -OCH3 is 1. The van der Waals surface area contributed by atoms with E-state index >= 15 is 0 Å². The molecule has 1 aromatic heterocycles. The number of benzene rings is 1. The molecule has 2 rings (SSSR count). The van der Waals surface area contributed by atoms with Crippen LogP contribution in [-0.2, 0) is 6.98 Å². The number of nitrogen functional groups attached to an aromatic ring is 1. The summed E-state index contributed by atoms with van der Waals surface area (Å²) >= 11 is 0. The van der Waals surface area contributed by atoms with Crippen molar-refractivity contribution in [3.05, 3.63) is 18.3 Å². The molecule has 0 saturated carbocycles. The lowest BCUT2D eigenvalue weighted by Gasteiger charge is -2.05. The van der Waals surface area contributed by atoms with Crippen molar-refractivity contribution in [2.24, 2.45) is 6.98 Å². The van der Waals surface area contributed by atoms with Gasteiger partial charge in [-0.15, -0.1) is 0 Å². The average Bonchev–Trinajstić information content (AvgIpc) is 2.64. The van der Waals surface area contributed by atoms with Crippen LogP contribution in [0.3, 0.4) is 0 Å². The van der Waals surface area contributed by atoms with E-state index in [1.54, 1.807) is 0 Å². The SMILES string of the molecule is [2H]C([2H])([2H])Oc1ccc2cnn(C([2H])([2H])[2H])c2c1N. The minimum absolute atomic E-state index is 0.0674. The molecule has 0 spiro atoms. The van der Waals surface area contributed by atoms with Crippen molar-refractivity contribution >= 4 is 16.6 Å². The van der Waals surface area contributed by atoms with Gasteiger partial charge in [0.25, 0.3) is 0 Å². The second kappa shape index (κ2) is 2.65. The zero-order chi connectivity index (χ0) is 14.4. The van der Waals surface area contributed by atoms with Gasteiger partial charge in [-0.3, -0.25) is 4.68 Å². The highest BCUT2D eigenvalue weighted by Gasteiger charge is 2.07. The fourth-order valence-corrected chi connectivity index (χ4v) is 1.21. The molecule has 1 heterocycles. The third-order valence-corrected chi connectivity index (χ3v) is 1.84. The standard InChI is InChI=1S/C9H11N3O/c1-12-9-6(5-11-12)3-4-7(13-2)8(9)10/h3-5H,10H2,1-2H3/i1D3,2D3. The quantitative estimate of drug-likeness (QED) is 0.675. The number of hydrogen-bond donors (Lipinski definition) is 1. The van der Waals surface area contributed by atoms with E-state index in [0.29, 0.717) is 5.39 Å². The third-order valence-electron chi connectivity index (χ3n) is 1.84. The van der Waals surface area contributed by atoms with Gasteiger partial charge in [0, 0.05) is 16.5 Å². The molecule has 2 aromatic rings. The molecule has 1 aromatic carbocycles. The minimum atomic E-state index is -2.66. The van der Waals surface area contributed by atoms with Crippen LogP contribution in [0.2, 0.25) is 0 Å². The van der Waals surface area contributed by atoms with E-state index in [4.69, 9.17) is 18.7 Å². The third kappa shape index (κ3) is 1.02. The molecule has 4 heteroatoms. The lowest BCUT2D eigenvalue weighted by Crippen LogP contribution is -1.97. The van der Waals surface area contributed by atoms with Crippen LogP contribution in [0, 0.1) is 0 Å². The monoisotopic (exact) mass is 183 g/mol. The molecule has 0 bridgehead atoms. The first kappa shape index (κ1) is 3.57. The Bertz CT molecular complexity index is 615. The van der Waals surface area contributed by atoms with E-state index in [1.165, 1.54) is 18.3 Å². The van der Waals surface area contributed by atoms with Gasteiger partial charge in [0.1, 0.15) is 11.4 Å². The molecule has 0 aliphatic heterocycles. The van der Waals surface area contributed by atoms with Crippen molar-refractivity contribution < 1.29 is 13.0 Å². The van der Waals surface area contributed by atoms with Crippen LogP contribution >= 0.6 is 0 Å². The van der Waals surface area contributed by atoms with Crippen molar-refractivity contribution in [1.82, 2.24) is 9.78 Å². The molecule has 0 unspecified atom stereocenters. The maximum absolute atomic E-state index is 7.34. The normalized spacial score (nSPS) is 19.4. The number of aryl methyl sites for hydroxylation is 1. The van der Waals surface area contributed by atoms with Gasteiger partial charge in [-0.1, -0.05) is 0 Å². The molecule has 2 N–H and O–H groups in total. The topological polar surface area (TPSA) is 53.1 Å². The number of fused-ring (bicyclic) bond motifs is 1. The van der Waals surface area contributed by atoms with E-state index in [9.17, 15) is 0 Å². The van der Waals surface area contributed by atoms with E-state index in [-0.39, 0.29) is 17.0 Å². The number of nitrogens with two attached hydrogens (primary N) is 1. The number of ether oxygens (including phenoxy) is 1. The maximum Gasteiger partial charge on any atom is 0.144 e. The van der Waals surface area contributed by atoms with Crippen LogP contribution in [0.4, 0.5) is 5.69 Å². The summed E-state index contributed by atoms with van der Waals surface area (Å²) in [5.41, 5.74) is 5.84. The zero-order valence-corrected chi connectivity index (χ0v) is 6.61. The van der Waals surface area contributed by atoms with E-state index < -0.39 is 14.0 Å². The van der Waals surface area contributed by atoms with Crippen molar-refractivity contribution in [3.63, 3.8) is 0 Å². The van der Waals surface area contributed by atoms with Crippen LogP contribution in [0.15, 0.2) is 18.3 Å². The van der Waals surface area contributed by atoms with Gasteiger partial charge in [0.05, 0.1) is 22.9 Å². The minimum Gasteiger partial charge on any atom is -0.495 e. The highest BCUT2D eigenvalue weighted by atomic mass is 16.5. The molecule has 0 saturated heterocycles. The number of nitrogens with zero attached hydrogens (tertiary/aromatic N) is 2. The van der Waals surface area contributed by atoms with Crippen LogP contribution in [0.1, 0.15) is 8.22 Å². The predicted octanol–water partition coefficient (Wildman–Crippen LogP) is 1.16. The first-order valence-electron chi connectivity index (χ1n) is 6.55. The first-order chi connectivity index (χ1) is 8.59. The highest BCUT2D eigenvalue weighted by molar-refractivity contribution is 5.92. The van der Waals surface area contributed by atoms with Gasteiger partial charge in [0.15, 0.2) is 0 Å². The fourth-order valence-electron chi connectivity index (χ4n) is 1.21. The Morgan fingerprint density at radius 1 is 1.62 bits per heavy atom.